The summed E-state index contributed by atoms with van der Waals surface area (Å²) in [5.41, 5.74) is 3.52. The number of carbonyl (C=O) groups excluding carboxylic acids is 2. The number of rotatable bonds is 9. The van der Waals surface area contributed by atoms with E-state index in [0.717, 1.165) is 23.3 Å². The van der Waals surface area contributed by atoms with E-state index in [-0.39, 0.29) is 46.3 Å². The number of hydrogen-bond acceptors (Lipinski definition) is 7. The smallest absolute Gasteiger partial charge is 0.406 e. The molecular formula is C34H30ClF6N5O4S. The summed E-state index contributed by atoms with van der Waals surface area (Å²) in [6.07, 6.45) is -5.94. The van der Waals surface area contributed by atoms with Crippen LogP contribution in [0.25, 0.3) is 17.1 Å². The van der Waals surface area contributed by atoms with Gasteiger partial charge in [-0.2, -0.15) is 18.2 Å². The number of nitrogens with zero attached hydrogens (tertiary/aromatic N) is 4. The Morgan fingerprint density at radius 2 is 1.82 bits per heavy atom. The third-order valence-corrected chi connectivity index (χ3v) is 9.02. The van der Waals surface area contributed by atoms with E-state index in [1.165, 1.54) is 41.0 Å². The average molecular weight is 754 g/mol. The Labute approximate surface area is 297 Å². The highest BCUT2D eigenvalue weighted by molar-refractivity contribution is 8.14. The van der Waals surface area contributed by atoms with Gasteiger partial charge in [0.2, 0.25) is 0 Å². The van der Waals surface area contributed by atoms with Gasteiger partial charge in [-0.05, 0) is 86.2 Å². The molecule has 0 aliphatic carbocycles. The first-order chi connectivity index (χ1) is 24.1. The molecule has 1 aromatic heterocycles. The van der Waals surface area contributed by atoms with Crippen molar-refractivity contribution in [1.29, 1.82) is 0 Å². The summed E-state index contributed by atoms with van der Waals surface area (Å²) >= 11 is 7.61. The summed E-state index contributed by atoms with van der Waals surface area (Å²) in [6, 6.07) is 14.5. The lowest BCUT2D eigenvalue weighted by molar-refractivity contribution is -0.274. The molecule has 1 aliphatic heterocycles. The number of amides is 2. The van der Waals surface area contributed by atoms with Gasteiger partial charge in [0.05, 0.1) is 33.8 Å². The molecule has 2 amide bonds. The van der Waals surface area contributed by atoms with Gasteiger partial charge in [-0.25, -0.2) is 14.5 Å². The van der Waals surface area contributed by atoms with Gasteiger partial charge in [0.25, 0.3) is 0 Å². The minimum atomic E-state index is -4.81. The Balaban J connectivity index is 1.16. The maximum atomic E-state index is 13.1. The lowest BCUT2D eigenvalue weighted by Crippen LogP contribution is -2.23. The number of thioether (sulfide) groups is 1. The van der Waals surface area contributed by atoms with Crippen LogP contribution >= 0.6 is 23.4 Å². The van der Waals surface area contributed by atoms with Gasteiger partial charge < -0.3 is 14.8 Å². The van der Waals surface area contributed by atoms with Crippen LogP contribution in [-0.2, 0) is 22.6 Å². The molecule has 0 spiro atoms. The zero-order valence-electron chi connectivity index (χ0n) is 26.9. The number of aromatic nitrogens is 3. The zero-order chi connectivity index (χ0) is 36.8. The molecule has 4 aromatic rings. The van der Waals surface area contributed by atoms with E-state index in [0.29, 0.717) is 47.5 Å². The fourth-order valence-corrected chi connectivity index (χ4v) is 6.48. The van der Waals surface area contributed by atoms with Crippen LogP contribution in [0.2, 0.25) is 5.02 Å². The summed E-state index contributed by atoms with van der Waals surface area (Å²) in [5.74, 6) is -0.400. The van der Waals surface area contributed by atoms with Crippen LogP contribution in [0, 0.1) is 12.8 Å². The number of carbonyl (C=O) groups is 2. The Bertz CT molecular complexity index is 1900. The molecule has 2 heterocycles. The van der Waals surface area contributed by atoms with Crippen molar-refractivity contribution < 1.29 is 45.4 Å². The largest absolute Gasteiger partial charge is 0.573 e. The molecule has 1 fully saturated rings. The molecular weight excluding hydrogens is 724 g/mol. The molecule has 1 atom stereocenters. The van der Waals surface area contributed by atoms with Crippen molar-refractivity contribution in [3.8, 4) is 22.8 Å². The molecule has 0 radical (unpaired) electrons. The molecule has 9 nitrogen and oxygen atoms in total. The second kappa shape index (κ2) is 16.3. The fourth-order valence-electron chi connectivity index (χ4n) is 5.27. The summed E-state index contributed by atoms with van der Waals surface area (Å²) < 4.78 is 85.2. The summed E-state index contributed by atoms with van der Waals surface area (Å²) in [4.78, 5) is 34.3. The van der Waals surface area contributed by atoms with Gasteiger partial charge in [-0.1, -0.05) is 35.4 Å². The standard InChI is InChI=1S/C34H30ClF6N5O4S/c1-20-5-6-23(16-49-18-33(36,37)38)24(13-20)14-21-3-2-4-30(51-17-29(21)47)44-32(48)43-28-12-7-22(15-27(28)35)31-42-19-46(45-31)25-8-10-26(11-9-25)50-34(39,40)41/h5-13,15,19,21H,2-4,14,16-18H2,1H3,(H,43,48)/b44-30-. The number of halogens is 7. The highest BCUT2D eigenvalue weighted by Crippen LogP contribution is 2.30. The third-order valence-electron chi connectivity index (χ3n) is 7.65. The maximum Gasteiger partial charge on any atom is 0.573 e. The summed E-state index contributed by atoms with van der Waals surface area (Å²) in [6.45, 7) is 0.303. The van der Waals surface area contributed by atoms with Crippen LogP contribution in [0.4, 0.5) is 36.8 Å². The number of hydrogen-bond donors (Lipinski definition) is 1. The first-order valence-corrected chi connectivity index (χ1v) is 16.8. The minimum Gasteiger partial charge on any atom is -0.406 e. The van der Waals surface area contributed by atoms with Gasteiger partial charge in [-0.15, -0.1) is 30.0 Å². The van der Waals surface area contributed by atoms with Crippen molar-refractivity contribution in [2.45, 2.75) is 51.8 Å². The predicted molar refractivity (Wildman–Crippen MR) is 180 cm³/mol. The predicted octanol–water partition coefficient (Wildman–Crippen LogP) is 9.15. The van der Waals surface area contributed by atoms with Gasteiger partial charge in [0, 0.05) is 11.5 Å². The minimum absolute atomic E-state index is 0.0429. The van der Waals surface area contributed by atoms with Crippen LogP contribution in [-0.4, -0.2) is 56.5 Å². The van der Waals surface area contributed by atoms with Gasteiger partial charge >= 0.3 is 18.6 Å². The van der Waals surface area contributed by atoms with Gasteiger partial charge in [-0.3, -0.25) is 4.79 Å². The number of Topliss-reactive ketones (excluding diaryl/α,β-unsaturated/α-hetero) is 1. The SMILES string of the molecule is Cc1ccc(COCC(F)(F)F)c(CC2CCC/C(=N/C(=O)Nc3ccc(-c4ncn(-c5ccc(OC(F)(F)F)cc5)n4)cc3Cl)SCC2=O)c1. The monoisotopic (exact) mass is 753 g/mol. The number of aryl methyl sites for hydroxylation is 1. The van der Waals surface area contributed by atoms with Gasteiger partial charge in [0.15, 0.2) is 5.82 Å². The van der Waals surface area contributed by atoms with E-state index in [4.69, 9.17) is 16.3 Å². The van der Waals surface area contributed by atoms with E-state index in [1.807, 2.05) is 13.0 Å². The number of ether oxygens (including phenoxy) is 2. The van der Waals surface area contributed by atoms with Crippen molar-refractivity contribution in [3.63, 3.8) is 0 Å². The molecule has 1 saturated heterocycles. The molecule has 1 N–H and O–H groups in total. The molecule has 0 saturated carbocycles. The molecule has 17 heteroatoms. The van der Waals surface area contributed by atoms with Crippen molar-refractivity contribution in [2.24, 2.45) is 10.9 Å². The number of anilines is 1. The zero-order valence-corrected chi connectivity index (χ0v) is 28.4. The van der Waals surface area contributed by atoms with E-state index in [9.17, 15) is 35.9 Å². The van der Waals surface area contributed by atoms with Crippen LogP contribution in [0.15, 0.2) is 72.0 Å². The molecule has 3 aromatic carbocycles. The molecule has 0 bridgehead atoms. The fraction of sp³-hybridized carbons (Fsp3) is 0.324. The van der Waals surface area contributed by atoms with E-state index >= 15 is 0 Å². The molecule has 5 rings (SSSR count). The Hall–Kier alpha value is -4.41. The number of urea groups is 1. The highest BCUT2D eigenvalue weighted by atomic mass is 35.5. The maximum absolute atomic E-state index is 13.1. The number of alkyl halides is 6. The lowest BCUT2D eigenvalue weighted by atomic mass is 9.88. The lowest BCUT2D eigenvalue weighted by Gasteiger charge is -2.21. The topological polar surface area (TPSA) is 108 Å². The molecule has 51 heavy (non-hydrogen) atoms. The second-order valence-electron chi connectivity index (χ2n) is 11.6. The van der Waals surface area contributed by atoms with Crippen molar-refractivity contribution in [2.75, 3.05) is 17.7 Å². The number of benzene rings is 3. The second-order valence-corrected chi connectivity index (χ2v) is 13.1. The van der Waals surface area contributed by atoms with E-state index in [2.05, 4.69) is 25.1 Å². The quantitative estimate of drug-likeness (QED) is 0.170. The van der Waals surface area contributed by atoms with E-state index < -0.39 is 25.2 Å². The van der Waals surface area contributed by atoms with Crippen molar-refractivity contribution >= 4 is 45.9 Å². The molecule has 1 aliphatic rings. The van der Waals surface area contributed by atoms with Crippen molar-refractivity contribution in [3.05, 3.63) is 88.7 Å². The first-order valence-electron chi connectivity index (χ1n) is 15.5. The average Bonchev–Trinajstić information content (AvgIpc) is 3.54. The first kappa shape index (κ1) is 37.8. The third kappa shape index (κ3) is 11.3. The Kier molecular flexibility index (Phi) is 12.1. The normalized spacial score (nSPS) is 16.5. The van der Waals surface area contributed by atoms with Gasteiger partial charge in [0.1, 0.15) is 24.5 Å². The van der Waals surface area contributed by atoms with Crippen LogP contribution < -0.4 is 10.1 Å². The van der Waals surface area contributed by atoms with Crippen molar-refractivity contribution in [1.82, 2.24) is 14.8 Å². The van der Waals surface area contributed by atoms with E-state index in [1.54, 1.807) is 24.3 Å². The van der Waals surface area contributed by atoms with Crippen LogP contribution in [0.5, 0.6) is 5.75 Å². The molecule has 1 unspecified atom stereocenters. The Morgan fingerprint density at radius 3 is 2.53 bits per heavy atom. The van der Waals surface area contributed by atoms with Crippen LogP contribution in [0.3, 0.4) is 0 Å². The Morgan fingerprint density at radius 1 is 1.06 bits per heavy atom. The highest BCUT2D eigenvalue weighted by Gasteiger charge is 2.31. The molecule has 270 valence electrons. The number of ketones is 1. The summed E-state index contributed by atoms with van der Waals surface area (Å²) in [7, 11) is 0. The number of nitrogens with one attached hydrogen (secondary N) is 1. The van der Waals surface area contributed by atoms with Crippen LogP contribution in [0.1, 0.15) is 36.0 Å². The number of aliphatic imine (C=N–C) groups is 1. The summed E-state index contributed by atoms with van der Waals surface area (Å²) in [5, 5.41) is 7.64.